The molecule has 0 aromatic rings. The zero-order valence-electron chi connectivity index (χ0n) is 7.75. The molecule has 0 rings (SSSR count). The van der Waals surface area contributed by atoms with Crippen molar-refractivity contribution in [3.63, 3.8) is 0 Å². The third kappa shape index (κ3) is 7.54. The number of nitrogens with two attached hydrogens (primary N) is 1. The lowest BCUT2D eigenvalue weighted by Crippen LogP contribution is -2.12. The molecule has 0 saturated heterocycles. The standard InChI is InChI=1S/C9H19NO2/c1-2-3-5-8(11)6-4-7-9(10)12/h8,11H,2-7H2,1H3,(H2,10,12). The molecule has 0 fully saturated rings. The molecule has 0 aliphatic heterocycles. The molecule has 0 aliphatic carbocycles. The Hall–Kier alpha value is -0.570. The summed E-state index contributed by atoms with van der Waals surface area (Å²) in [5.74, 6) is -0.280. The molecular formula is C9H19NO2. The molecule has 1 amide bonds. The second kappa shape index (κ2) is 7.10. The fraction of sp³-hybridized carbons (Fsp3) is 0.889. The number of carbonyl (C=O) groups is 1. The summed E-state index contributed by atoms with van der Waals surface area (Å²) in [6, 6.07) is 0. The second-order valence-corrected chi connectivity index (χ2v) is 3.15. The maximum absolute atomic E-state index is 10.3. The Morgan fingerprint density at radius 2 is 2.00 bits per heavy atom. The summed E-state index contributed by atoms with van der Waals surface area (Å²) in [7, 11) is 0. The minimum Gasteiger partial charge on any atom is -0.393 e. The van der Waals surface area contributed by atoms with Gasteiger partial charge >= 0.3 is 0 Å². The zero-order chi connectivity index (χ0) is 9.40. The zero-order valence-corrected chi connectivity index (χ0v) is 7.75. The molecule has 12 heavy (non-hydrogen) atoms. The van der Waals surface area contributed by atoms with E-state index in [9.17, 15) is 9.90 Å². The summed E-state index contributed by atoms with van der Waals surface area (Å²) in [6.07, 6.45) is 4.55. The molecule has 0 aromatic carbocycles. The van der Waals surface area contributed by atoms with Gasteiger partial charge in [0.2, 0.25) is 5.91 Å². The van der Waals surface area contributed by atoms with Gasteiger partial charge in [-0.15, -0.1) is 0 Å². The first-order valence-corrected chi connectivity index (χ1v) is 4.63. The van der Waals surface area contributed by atoms with Gasteiger partial charge in [0.25, 0.3) is 0 Å². The first kappa shape index (κ1) is 11.4. The quantitative estimate of drug-likeness (QED) is 0.607. The monoisotopic (exact) mass is 173 g/mol. The Kier molecular flexibility index (Phi) is 6.76. The summed E-state index contributed by atoms with van der Waals surface area (Å²) in [4.78, 5) is 10.3. The minimum atomic E-state index is -0.280. The number of unbranched alkanes of at least 4 members (excludes halogenated alkanes) is 1. The molecule has 3 nitrogen and oxygen atoms in total. The van der Waals surface area contributed by atoms with Crippen LogP contribution in [0.25, 0.3) is 0 Å². The Bertz CT molecular complexity index is 126. The molecular weight excluding hydrogens is 154 g/mol. The fourth-order valence-electron chi connectivity index (χ4n) is 1.10. The number of hydrogen-bond donors (Lipinski definition) is 2. The predicted octanol–water partition coefficient (Wildman–Crippen LogP) is 1.19. The second-order valence-electron chi connectivity index (χ2n) is 3.15. The van der Waals surface area contributed by atoms with Gasteiger partial charge in [0.05, 0.1) is 6.10 Å². The number of primary amides is 1. The van der Waals surface area contributed by atoms with Crippen molar-refractivity contribution in [2.45, 2.75) is 51.6 Å². The van der Waals surface area contributed by atoms with Gasteiger partial charge in [-0.05, 0) is 19.3 Å². The molecule has 0 heterocycles. The summed E-state index contributed by atoms with van der Waals surface area (Å²) >= 11 is 0. The van der Waals surface area contributed by atoms with Crippen molar-refractivity contribution in [2.75, 3.05) is 0 Å². The number of aliphatic hydroxyl groups is 1. The van der Waals surface area contributed by atoms with Crippen LogP contribution in [0.5, 0.6) is 0 Å². The van der Waals surface area contributed by atoms with Crippen LogP contribution in [0.4, 0.5) is 0 Å². The number of hydrogen-bond acceptors (Lipinski definition) is 2. The number of rotatable bonds is 7. The maximum Gasteiger partial charge on any atom is 0.217 e. The van der Waals surface area contributed by atoms with Crippen molar-refractivity contribution in [2.24, 2.45) is 5.73 Å². The average Bonchev–Trinajstić information content (AvgIpc) is 2.00. The van der Waals surface area contributed by atoms with Gasteiger partial charge in [-0.1, -0.05) is 19.8 Å². The smallest absolute Gasteiger partial charge is 0.217 e. The normalized spacial score (nSPS) is 12.8. The lowest BCUT2D eigenvalue weighted by atomic mass is 10.1. The minimum absolute atomic E-state index is 0.246. The van der Waals surface area contributed by atoms with Gasteiger partial charge in [-0.2, -0.15) is 0 Å². The Morgan fingerprint density at radius 1 is 1.42 bits per heavy atom. The SMILES string of the molecule is CCCCC(O)CCCC(N)=O. The van der Waals surface area contributed by atoms with Crippen molar-refractivity contribution in [3.8, 4) is 0 Å². The number of aliphatic hydroxyl groups excluding tert-OH is 1. The van der Waals surface area contributed by atoms with Gasteiger partial charge < -0.3 is 10.8 Å². The van der Waals surface area contributed by atoms with Crippen LogP contribution in [0.1, 0.15) is 45.4 Å². The van der Waals surface area contributed by atoms with E-state index < -0.39 is 0 Å². The lowest BCUT2D eigenvalue weighted by Gasteiger charge is -2.07. The maximum atomic E-state index is 10.3. The number of amides is 1. The fourth-order valence-corrected chi connectivity index (χ4v) is 1.10. The van der Waals surface area contributed by atoms with E-state index in [-0.39, 0.29) is 12.0 Å². The van der Waals surface area contributed by atoms with Crippen molar-refractivity contribution in [3.05, 3.63) is 0 Å². The molecule has 0 bridgehead atoms. The van der Waals surface area contributed by atoms with Crippen molar-refractivity contribution in [1.29, 1.82) is 0 Å². The van der Waals surface area contributed by atoms with E-state index in [1.54, 1.807) is 0 Å². The van der Waals surface area contributed by atoms with Gasteiger partial charge in [-0.3, -0.25) is 4.79 Å². The van der Waals surface area contributed by atoms with Crippen LogP contribution in [0.15, 0.2) is 0 Å². The van der Waals surface area contributed by atoms with E-state index in [1.807, 2.05) is 0 Å². The van der Waals surface area contributed by atoms with E-state index in [4.69, 9.17) is 5.73 Å². The van der Waals surface area contributed by atoms with Crippen LogP contribution in [0.2, 0.25) is 0 Å². The summed E-state index contributed by atoms with van der Waals surface area (Å²) in [6.45, 7) is 2.09. The molecule has 1 unspecified atom stereocenters. The van der Waals surface area contributed by atoms with Crippen LogP contribution >= 0.6 is 0 Å². The summed E-state index contributed by atoms with van der Waals surface area (Å²) in [5, 5.41) is 9.34. The van der Waals surface area contributed by atoms with E-state index >= 15 is 0 Å². The largest absolute Gasteiger partial charge is 0.393 e. The Balaban J connectivity index is 3.19. The topological polar surface area (TPSA) is 63.3 Å². The van der Waals surface area contributed by atoms with Crippen molar-refractivity contribution < 1.29 is 9.90 Å². The molecule has 3 heteroatoms. The average molecular weight is 173 g/mol. The van der Waals surface area contributed by atoms with Crippen LogP contribution < -0.4 is 5.73 Å². The molecule has 0 spiro atoms. The lowest BCUT2D eigenvalue weighted by molar-refractivity contribution is -0.118. The van der Waals surface area contributed by atoms with E-state index in [2.05, 4.69) is 6.92 Å². The predicted molar refractivity (Wildman–Crippen MR) is 48.6 cm³/mol. The first-order chi connectivity index (χ1) is 5.66. The summed E-state index contributed by atoms with van der Waals surface area (Å²) in [5.41, 5.74) is 4.96. The van der Waals surface area contributed by atoms with E-state index in [0.717, 1.165) is 19.3 Å². The highest BCUT2D eigenvalue weighted by molar-refractivity contribution is 5.73. The van der Waals surface area contributed by atoms with Gasteiger partial charge in [0.15, 0.2) is 0 Å². The molecule has 0 radical (unpaired) electrons. The molecule has 0 aliphatic rings. The summed E-state index contributed by atoms with van der Waals surface area (Å²) < 4.78 is 0. The van der Waals surface area contributed by atoms with Crippen molar-refractivity contribution >= 4 is 5.91 Å². The van der Waals surface area contributed by atoms with E-state index in [0.29, 0.717) is 19.3 Å². The van der Waals surface area contributed by atoms with Crippen LogP contribution in [0, 0.1) is 0 Å². The highest BCUT2D eigenvalue weighted by Gasteiger charge is 2.03. The molecule has 72 valence electrons. The highest BCUT2D eigenvalue weighted by Crippen LogP contribution is 2.07. The van der Waals surface area contributed by atoms with Gasteiger partial charge in [0, 0.05) is 6.42 Å². The van der Waals surface area contributed by atoms with Gasteiger partial charge in [-0.25, -0.2) is 0 Å². The molecule has 0 aromatic heterocycles. The van der Waals surface area contributed by atoms with Crippen LogP contribution in [-0.2, 0) is 4.79 Å². The first-order valence-electron chi connectivity index (χ1n) is 4.63. The van der Waals surface area contributed by atoms with Crippen molar-refractivity contribution in [1.82, 2.24) is 0 Å². The van der Waals surface area contributed by atoms with E-state index in [1.165, 1.54) is 0 Å². The van der Waals surface area contributed by atoms with Crippen LogP contribution in [0.3, 0.4) is 0 Å². The van der Waals surface area contributed by atoms with Crippen LogP contribution in [-0.4, -0.2) is 17.1 Å². The Morgan fingerprint density at radius 3 is 2.50 bits per heavy atom. The molecule has 0 saturated carbocycles. The molecule has 3 N–H and O–H groups in total. The Labute approximate surface area is 74.0 Å². The molecule has 1 atom stereocenters. The third-order valence-electron chi connectivity index (χ3n) is 1.85. The number of carbonyl (C=O) groups excluding carboxylic acids is 1. The highest BCUT2D eigenvalue weighted by atomic mass is 16.3. The third-order valence-corrected chi connectivity index (χ3v) is 1.85. The van der Waals surface area contributed by atoms with Gasteiger partial charge in [0.1, 0.15) is 0 Å².